The fourth-order valence-corrected chi connectivity index (χ4v) is 5.29. The lowest BCUT2D eigenvalue weighted by Crippen LogP contribution is -1.83. The van der Waals surface area contributed by atoms with Crippen molar-refractivity contribution in [3.63, 3.8) is 0 Å². The summed E-state index contributed by atoms with van der Waals surface area (Å²) >= 11 is 12.6. The van der Waals surface area contributed by atoms with Gasteiger partial charge in [0.25, 0.3) is 0 Å². The number of aromatic hydroxyl groups is 2. The molecule has 2 aliphatic rings. The Bertz CT molecular complexity index is 1520. The van der Waals surface area contributed by atoms with E-state index in [9.17, 15) is 10.2 Å². The van der Waals surface area contributed by atoms with Crippen molar-refractivity contribution in [3.05, 3.63) is 65.7 Å². The Morgan fingerprint density at radius 1 is 0.735 bits per heavy atom. The Balaban J connectivity index is 0.000000142. The average Bonchev–Trinajstić information content (AvgIpc) is 3.57. The monoisotopic (exact) mass is 522 g/mol. The Kier molecular flexibility index (Phi) is 6.11. The zero-order chi connectivity index (χ0) is 23.7. The number of rotatable bonds is 2. The number of nitrogens with one attached hydrogen (secondary N) is 2. The molecule has 6 heterocycles. The smallest absolute Gasteiger partial charge is 0.207 e. The zero-order valence-electron chi connectivity index (χ0n) is 17.1. The van der Waals surface area contributed by atoms with Crippen LogP contribution in [0.5, 0.6) is 11.8 Å². The summed E-state index contributed by atoms with van der Waals surface area (Å²) in [5.41, 5.74) is 5.09. The molecular weight excluding hydrogens is 509 g/mol. The van der Waals surface area contributed by atoms with Crippen LogP contribution in [0.1, 0.15) is 21.1 Å². The summed E-state index contributed by atoms with van der Waals surface area (Å²) in [6, 6.07) is 7.49. The number of thiazole rings is 2. The lowest BCUT2D eigenvalue weighted by atomic mass is 10.2. The summed E-state index contributed by atoms with van der Waals surface area (Å²) in [5, 5.41) is 19.2. The molecule has 0 radical (unpaired) electrons. The lowest BCUT2D eigenvalue weighted by Gasteiger charge is -1.96. The summed E-state index contributed by atoms with van der Waals surface area (Å²) < 4.78 is 1.09. The highest BCUT2D eigenvalue weighted by Gasteiger charge is 2.15. The van der Waals surface area contributed by atoms with Gasteiger partial charge in [-0.15, -0.1) is 22.7 Å². The second kappa shape index (κ2) is 9.35. The summed E-state index contributed by atoms with van der Waals surface area (Å²) in [4.78, 5) is 23.8. The molecule has 0 saturated heterocycles. The Hall–Kier alpha value is -3.58. The van der Waals surface area contributed by atoms with E-state index in [0.29, 0.717) is 17.7 Å². The van der Waals surface area contributed by atoms with Crippen LogP contribution in [0.25, 0.3) is 23.3 Å². The van der Waals surface area contributed by atoms with Crippen LogP contribution < -0.4 is 0 Å². The summed E-state index contributed by atoms with van der Waals surface area (Å²) in [6.45, 7) is 0. The maximum absolute atomic E-state index is 9.62. The van der Waals surface area contributed by atoms with Crippen LogP contribution in [0.15, 0.2) is 46.6 Å². The molecule has 8 nitrogen and oxygen atoms in total. The van der Waals surface area contributed by atoms with Gasteiger partial charge in [-0.1, -0.05) is 0 Å². The van der Waals surface area contributed by atoms with E-state index in [2.05, 4.69) is 29.9 Å². The zero-order valence-corrected chi connectivity index (χ0v) is 20.4. The maximum atomic E-state index is 9.62. The summed E-state index contributed by atoms with van der Waals surface area (Å²) in [6.07, 6.45) is 10.6. The van der Waals surface area contributed by atoms with E-state index in [0.717, 1.165) is 33.9 Å². The lowest BCUT2D eigenvalue weighted by molar-refractivity contribution is 0.455. The third-order valence-electron chi connectivity index (χ3n) is 4.69. The normalized spacial score (nSPS) is 15.4. The van der Waals surface area contributed by atoms with Gasteiger partial charge in [-0.2, -0.15) is 0 Å². The summed E-state index contributed by atoms with van der Waals surface area (Å²) in [7, 11) is 0. The van der Waals surface area contributed by atoms with Gasteiger partial charge in [0.1, 0.15) is 0 Å². The molecule has 6 rings (SSSR count). The van der Waals surface area contributed by atoms with Crippen LogP contribution in [0.4, 0.5) is 11.4 Å². The molecule has 0 aliphatic carbocycles. The highest BCUT2D eigenvalue weighted by atomic mass is 32.2. The van der Waals surface area contributed by atoms with E-state index < -0.39 is 0 Å². The molecule has 0 spiro atoms. The van der Waals surface area contributed by atoms with Crippen LogP contribution in [-0.4, -0.2) is 42.6 Å². The van der Waals surface area contributed by atoms with Gasteiger partial charge < -0.3 is 20.2 Å². The van der Waals surface area contributed by atoms with Crippen LogP contribution in [-0.2, 0) is 0 Å². The molecule has 4 aromatic heterocycles. The first-order valence-corrected chi connectivity index (χ1v) is 12.2. The number of aromatic nitrogens is 4. The largest absolute Gasteiger partial charge is 0.494 e. The Morgan fingerprint density at radius 2 is 1.18 bits per heavy atom. The molecule has 4 aromatic rings. The predicted molar refractivity (Wildman–Crippen MR) is 143 cm³/mol. The maximum Gasteiger partial charge on any atom is 0.207 e. The number of pyridine rings is 2. The molecule has 0 amide bonds. The van der Waals surface area contributed by atoms with E-state index in [-0.39, 0.29) is 11.8 Å². The molecule has 34 heavy (non-hydrogen) atoms. The summed E-state index contributed by atoms with van der Waals surface area (Å²) in [5.74, 6) is 0.176. The van der Waals surface area contributed by atoms with E-state index in [1.54, 1.807) is 24.8 Å². The molecule has 0 atom stereocenters. The first kappa shape index (κ1) is 22.2. The van der Waals surface area contributed by atoms with Crippen LogP contribution >= 0.6 is 47.1 Å². The number of hydrogen-bond acceptors (Lipinski definition) is 10. The molecule has 0 unspecified atom stereocenters. The SMILES string of the molecule is Oc1[nH]c(=S)sc1C=C1C=Nc2cccnc21.Oc1[nH]c(=S)sc1C=C1C=Nc2cccnc21. The molecule has 168 valence electrons. The van der Waals surface area contributed by atoms with Gasteiger partial charge in [-0.25, -0.2) is 0 Å². The number of aromatic amines is 2. The number of allylic oxidation sites excluding steroid dienone is 2. The van der Waals surface area contributed by atoms with Gasteiger partial charge in [-0.05, 0) is 60.9 Å². The van der Waals surface area contributed by atoms with Crippen molar-refractivity contribution in [1.82, 2.24) is 19.9 Å². The molecule has 4 N–H and O–H groups in total. The first-order chi connectivity index (χ1) is 16.5. The minimum Gasteiger partial charge on any atom is -0.494 e. The van der Waals surface area contributed by atoms with Crippen LogP contribution in [0, 0.1) is 7.91 Å². The quantitative estimate of drug-likeness (QED) is 0.228. The Morgan fingerprint density at radius 3 is 1.56 bits per heavy atom. The highest BCUT2D eigenvalue weighted by molar-refractivity contribution is 7.73. The van der Waals surface area contributed by atoms with Gasteiger partial charge >= 0.3 is 0 Å². The van der Waals surface area contributed by atoms with Crippen molar-refractivity contribution >= 4 is 94.2 Å². The first-order valence-electron chi connectivity index (χ1n) is 9.74. The number of aliphatic imine (C=N–C) groups is 2. The van der Waals surface area contributed by atoms with E-state index >= 15 is 0 Å². The fraction of sp³-hybridized carbons (Fsp3) is 0. The molecule has 0 fully saturated rings. The van der Waals surface area contributed by atoms with E-state index in [1.807, 2.05) is 36.4 Å². The predicted octanol–water partition coefficient (Wildman–Crippen LogP) is 6.33. The number of hydrogen-bond donors (Lipinski definition) is 4. The topological polar surface area (TPSA) is 123 Å². The average molecular weight is 523 g/mol. The van der Waals surface area contributed by atoms with Crippen molar-refractivity contribution < 1.29 is 10.2 Å². The minimum atomic E-state index is 0.0882. The third-order valence-corrected chi connectivity index (χ3v) is 7.03. The number of H-pyrrole nitrogens is 2. The van der Waals surface area contributed by atoms with Crippen LogP contribution in [0.3, 0.4) is 0 Å². The van der Waals surface area contributed by atoms with Crippen molar-refractivity contribution in [3.8, 4) is 11.8 Å². The minimum absolute atomic E-state index is 0.0882. The standard InChI is InChI=1S/2C11H7N3OS2/c2*15-10-8(17-11(16)14-10)4-6-5-13-7-2-1-3-12-9(6)7/h2*1-5,15H,(H,14,16). The van der Waals surface area contributed by atoms with Crippen molar-refractivity contribution in [2.45, 2.75) is 0 Å². The molecule has 0 bridgehead atoms. The van der Waals surface area contributed by atoms with E-state index in [1.165, 1.54) is 22.7 Å². The molecule has 2 aliphatic heterocycles. The van der Waals surface area contributed by atoms with Crippen LogP contribution in [0.2, 0.25) is 0 Å². The molecular formula is C22H14N6O2S4. The number of fused-ring (bicyclic) bond motifs is 2. The second-order valence-electron chi connectivity index (χ2n) is 6.91. The number of nitrogens with zero attached hydrogens (tertiary/aromatic N) is 4. The second-order valence-corrected chi connectivity index (χ2v) is 10.4. The third kappa shape index (κ3) is 4.56. The van der Waals surface area contributed by atoms with Gasteiger partial charge in [0.15, 0.2) is 7.91 Å². The van der Waals surface area contributed by atoms with E-state index in [4.69, 9.17) is 24.4 Å². The van der Waals surface area contributed by atoms with Crippen molar-refractivity contribution in [2.75, 3.05) is 0 Å². The van der Waals surface area contributed by atoms with Crippen molar-refractivity contribution in [1.29, 1.82) is 0 Å². The molecule has 12 heteroatoms. The fourth-order valence-electron chi connectivity index (χ4n) is 3.20. The van der Waals surface area contributed by atoms with Crippen molar-refractivity contribution in [2.24, 2.45) is 9.98 Å². The van der Waals surface area contributed by atoms with Gasteiger partial charge in [-0.3, -0.25) is 20.0 Å². The highest BCUT2D eigenvalue weighted by Crippen LogP contribution is 2.34. The molecule has 0 saturated carbocycles. The molecule has 0 aromatic carbocycles. The van der Waals surface area contributed by atoms with Gasteiger partial charge in [0.2, 0.25) is 11.8 Å². The Labute approximate surface area is 211 Å². The van der Waals surface area contributed by atoms with Gasteiger partial charge in [0, 0.05) is 36.0 Å². The van der Waals surface area contributed by atoms with Gasteiger partial charge in [0.05, 0.1) is 32.5 Å².